The van der Waals surface area contributed by atoms with Crippen LogP contribution in [0.25, 0.3) is 0 Å². The maximum absolute atomic E-state index is 13.9. The topological polar surface area (TPSA) is 49.9 Å². The lowest BCUT2D eigenvalue weighted by Crippen LogP contribution is -2.49. The van der Waals surface area contributed by atoms with E-state index in [1.54, 1.807) is 7.11 Å². The molecule has 5 nitrogen and oxygen atoms in total. The summed E-state index contributed by atoms with van der Waals surface area (Å²) in [7, 11) is 1.63. The van der Waals surface area contributed by atoms with Gasteiger partial charge in [-0.15, -0.1) is 0 Å². The Kier molecular flexibility index (Phi) is 7.63. The largest absolute Gasteiger partial charge is 0.383 e. The first-order chi connectivity index (χ1) is 14.6. The van der Waals surface area contributed by atoms with Crippen molar-refractivity contribution in [2.75, 3.05) is 33.4 Å². The first-order valence-corrected chi connectivity index (χ1v) is 10.9. The first-order valence-electron chi connectivity index (χ1n) is 10.9. The molecule has 2 unspecified atom stereocenters. The van der Waals surface area contributed by atoms with E-state index in [9.17, 15) is 9.59 Å². The zero-order valence-electron chi connectivity index (χ0n) is 18.2. The van der Waals surface area contributed by atoms with E-state index in [-0.39, 0.29) is 17.9 Å². The Morgan fingerprint density at radius 1 is 1.00 bits per heavy atom. The van der Waals surface area contributed by atoms with E-state index in [0.29, 0.717) is 18.7 Å². The first kappa shape index (κ1) is 22.0. The van der Waals surface area contributed by atoms with Gasteiger partial charge in [0.1, 0.15) is 0 Å². The summed E-state index contributed by atoms with van der Waals surface area (Å²) in [5.74, 6) is -0.385. The lowest BCUT2D eigenvalue weighted by Gasteiger charge is -2.43. The maximum atomic E-state index is 13.9. The number of hydrogen-bond acceptors (Lipinski definition) is 3. The molecule has 2 amide bonds. The number of carbonyl (C=O) groups is 2. The predicted molar refractivity (Wildman–Crippen MR) is 118 cm³/mol. The lowest BCUT2D eigenvalue weighted by molar-refractivity contribution is -0.134. The number of carbonyl (C=O) groups excluding carboxylic acids is 2. The number of methoxy groups -OCH3 is 1. The number of benzene rings is 2. The van der Waals surface area contributed by atoms with Gasteiger partial charge in [-0.05, 0) is 30.0 Å². The number of amides is 2. The van der Waals surface area contributed by atoms with Gasteiger partial charge in [-0.25, -0.2) is 0 Å². The molecule has 5 heteroatoms. The summed E-state index contributed by atoms with van der Waals surface area (Å²) in [5.41, 5.74) is 2.42. The van der Waals surface area contributed by atoms with Gasteiger partial charge in [0.2, 0.25) is 5.91 Å². The van der Waals surface area contributed by atoms with Crippen LogP contribution in [0.15, 0.2) is 54.6 Å². The maximum Gasteiger partial charge on any atom is 0.254 e. The third kappa shape index (κ3) is 4.41. The molecule has 0 aliphatic carbocycles. The number of nitrogens with zero attached hydrogens (tertiary/aromatic N) is 2. The van der Waals surface area contributed by atoms with Gasteiger partial charge in [0.25, 0.3) is 5.91 Å². The average Bonchev–Trinajstić information content (AvgIpc) is 2.78. The summed E-state index contributed by atoms with van der Waals surface area (Å²) >= 11 is 0. The molecule has 2 atom stereocenters. The van der Waals surface area contributed by atoms with Crippen LogP contribution in [0.2, 0.25) is 0 Å². The molecular weight excluding hydrogens is 376 g/mol. The molecule has 3 rings (SSSR count). The number of fused-ring (bicyclic) bond motifs is 1. The van der Waals surface area contributed by atoms with Crippen LogP contribution in [-0.2, 0) is 9.53 Å². The molecule has 30 heavy (non-hydrogen) atoms. The van der Waals surface area contributed by atoms with Crippen molar-refractivity contribution in [1.29, 1.82) is 0 Å². The number of rotatable bonds is 9. The van der Waals surface area contributed by atoms with Gasteiger partial charge in [0.05, 0.1) is 18.6 Å². The van der Waals surface area contributed by atoms with Crippen molar-refractivity contribution in [2.45, 2.75) is 38.6 Å². The molecule has 0 aromatic heterocycles. The van der Waals surface area contributed by atoms with E-state index < -0.39 is 5.92 Å². The quantitative estimate of drug-likeness (QED) is 0.623. The third-order valence-corrected chi connectivity index (χ3v) is 5.68. The molecule has 2 aromatic rings. The summed E-state index contributed by atoms with van der Waals surface area (Å²) < 4.78 is 5.30. The zero-order chi connectivity index (χ0) is 21.5. The van der Waals surface area contributed by atoms with Crippen molar-refractivity contribution >= 4 is 11.8 Å². The van der Waals surface area contributed by atoms with Crippen molar-refractivity contribution in [3.63, 3.8) is 0 Å². The van der Waals surface area contributed by atoms with Crippen molar-refractivity contribution in [3.05, 3.63) is 71.3 Å². The van der Waals surface area contributed by atoms with Crippen LogP contribution in [0.3, 0.4) is 0 Å². The molecule has 0 N–H and O–H groups in total. The normalized spacial score (nSPS) is 18.2. The zero-order valence-corrected chi connectivity index (χ0v) is 18.2. The highest BCUT2D eigenvalue weighted by atomic mass is 16.5. The van der Waals surface area contributed by atoms with Crippen molar-refractivity contribution < 1.29 is 14.3 Å². The van der Waals surface area contributed by atoms with E-state index in [1.807, 2.05) is 64.4 Å². The average molecular weight is 409 g/mol. The summed E-state index contributed by atoms with van der Waals surface area (Å²) in [5, 5.41) is 0. The Bertz CT molecular complexity index is 846. The minimum Gasteiger partial charge on any atom is -0.383 e. The van der Waals surface area contributed by atoms with Gasteiger partial charge in [0.15, 0.2) is 0 Å². The van der Waals surface area contributed by atoms with E-state index in [0.717, 1.165) is 37.1 Å². The van der Waals surface area contributed by atoms with Crippen LogP contribution >= 0.6 is 0 Å². The van der Waals surface area contributed by atoms with Crippen molar-refractivity contribution in [3.8, 4) is 0 Å². The predicted octanol–water partition coefficient (Wildman–Crippen LogP) is 4.26. The lowest BCUT2D eigenvalue weighted by atomic mass is 9.78. The highest BCUT2D eigenvalue weighted by Gasteiger charge is 2.44. The van der Waals surface area contributed by atoms with E-state index in [4.69, 9.17) is 4.74 Å². The van der Waals surface area contributed by atoms with Crippen molar-refractivity contribution in [2.24, 2.45) is 0 Å². The van der Waals surface area contributed by atoms with Crippen LogP contribution in [0.1, 0.15) is 60.1 Å². The molecule has 0 radical (unpaired) electrons. The Morgan fingerprint density at radius 2 is 1.63 bits per heavy atom. The molecule has 0 saturated carbocycles. The smallest absolute Gasteiger partial charge is 0.254 e. The summed E-state index contributed by atoms with van der Waals surface area (Å²) in [6.07, 6.45) is 1.81. The molecule has 1 aliphatic rings. The molecule has 2 aromatic carbocycles. The minimum atomic E-state index is -0.434. The SMILES string of the molecule is CCCN(CCC)C(=O)C1c2ccccc2C(=O)N(CCOC)C1c1ccccc1. The standard InChI is InChI=1S/C25H32N2O3/c1-4-15-26(16-5-2)25(29)22-20-13-9-10-14-21(20)24(28)27(17-18-30-3)23(22)19-11-7-6-8-12-19/h6-14,22-23H,4-5,15-18H2,1-3H3. The number of hydrogen-bond donors (Lipinski definition) is 0. The van der Waals surface area contributed by atoms with Crippen molar-refractivity contribution in [1.82, 2.24) is 9.80 Å². The fraction of sp³-hybridized carbons (Fsp3) is 0.440. The molecule has 0 bridgehead atoms. The molecule has 1 aliphatic heterocycles. The summed E-state index contributed by atoms with van der Waals surface area (Å²) in [6, 6.07) is 17.1. The summed E-state index contributed by atoms with van der Waals surface area (Å²) in [6.45, 7) is 6.49. The highest BCUT2D eigenvalue weighted by Crippen LogP contribution is 2.43. The van der Waals surface area contributed by atoms with E-state index in [2.05, 4.69) is 13.8 Å². The fourth-order valence-electron chi connectivity index (χ4n) is 4.38. The second-order valence-electron chi connectivity index (χ2n) is 7.74. The van der Waals surface area contributed by atoms with E-state index in [1.165, 1.54) is 0 Å². The van der Waals surface area contributed by atoms with Crippen LogP contribution in [0, 0.1) is 0 Å². The highest BCUT2D eigenvalue weighted by molar-refractivity contribution is 6.01. The molecule has 160 valence electrons. The monoisotopic (exact) mass is 408 g/mol. The van der Waals surface area contributed by atoms with Crippen LogP contribution in [0.5, 0.6) is 0 Å². The van der Waals surface area contributed by atoms with Gasteiger partial charge in [-0.1, -0.05) is 62.4 Å². The number of ether oxygens (including phenoxy) is 1. The van der Waals surface area contributed by atoms with Crippen LogP contribution in [-0.4, -0.2) is 55.0 Å². The van der Waals surface area contributed by atoms with Gasteiger partial charge >= 0.3 is 0 Å². The minimum absolute atomic E-state index is 0.0434. The van der Waals surface area contributed by atoms with Gasteiger partial charge in [-0.3, -0.25) is 9.59 Å². The second-order valence-corrected chi connectivity index (χ2v) is 7.74. The molecule has 0 saturated heterocycles. The second kappa shape index (κ2) is 10.4. The van der Waals surface area contributed by atoms with Gasteiger partial charge in [-0.2, -0.15) is 0 Å². The molecule has 0 spiro atoms. The molecular formula is C25H32N2O3. The Labute approximate surface area is 179 Å². The third-order valence-electron chi connectivity index (χ3n) is 5.68. The Balaban J connectivity index is 2.16. The van der Waals surface area contributed by atoms with Crippen LogP contribution in [0.4, 0.5) is 0 Å². The van der Waals surface area contributed by atoms with Crippen LogP contribution < -0.4 is 0 Å². The Hall–Kier alpha value is -2.66. The van der Waals surface area contributed by atoms with Gasteiger partial charge in [0, 0.05) is 32.3 Å². The molecule has 0 fully saturated rings. The van der Waals surface area contributed by atoms with Gasteiger partial charge < -0.3 is 14.5 Å². The van der Waals surface area contributed by atoms with E-state index >= 15 is 0 Å². The summed E-state index contributed by atoms with van der Waals surface area (Å²) in [4.78, 5) is 31.1. The Morgan fingerprint density at radius 3 is 2.27 bits per heavy atom. The molecule has 1 heterocycles. The fourth-order valence-corrected chi connectivity index (χ4v) is 4.38.